The van der Waals surface area contributed by atoms with Crippen molar-refractivity contribution in [1.29, 1.82) is 0 Å². The molecule has 2 heterocycles. The predicted molar refractivity (Wildman–Crippen MR) is 85.3 cm³/mol. The number of alkyl halides is 3. The van der Waals surface area contributed by atoms with Gasteiger partial charge in [0.25, 0.3) is 0 Å². The molecule has 0 spiro atoms. The summed E-state index contributed by atoms with van der Waals surface area (Å²) in [5, 5.41) is 1.68. The zero-order chi connectivity index (χ0) is 15.7. The van der Waals surface area contributed by atoms with Crippen LogP contribution in [0.15, 0.2) is 23.2 Å². The summed E-state index contributed by atoms with van der Waals surface area (Å²) in [6, 6.07) is 6.41. The molecule has 2 nitrogen and oxygen atoms in total. The molecule has 0 radical (unpaired) electrons. The number of nitrogens with zero attached hydrogens (tertiary/aromatic N) is 2. The van der Waals surface area contributed by atoms with Gasteiger partial charge in [0.15, 0.2) is 0 Å². The second-order valence-corrected chi connectivity index (χ2v) is 7.01. The molecule has 3 rings (SSSR count). The first-order valence-electron chi connectivity index (χ1n) is 6.65. The van der Waals surface area contributed by atoms with Crippen molar-refractivity contribution in [1.82, 2.24) is 4.98 Å². The first kappa shape index (κ1) is 15.4. The summed E-state index contributed by atoms with van der Waals surface area (Å²) in [4.78, 5) is 8.61. The van der Waals surface area contributed by atoms with Gasteiger partial charge in [0.05, 0.1) is 26.7 Å². The molecule has 7 heteroatoms. The summed E-state index contributed by atoms with van der Waals surface area (Å²) in [5.74, 6) is 3.78. The molecule has 0 bridgehead atoms. The molecule has 1 aromatic carbocycles. The number of halogens is 3. The Hall–Kier alpha value is -1.52. The minimum absolute atomic E-state index is 0.0297. The Balaban J connectivity index is 1.99. The molecule has 2 aromatic rings. The molecule has 1 aliphatic heterocycles. The normalized spacial score (nSPS) is 18.0. The van der Waals surface area contributed by atoms with E-state index in [0.29, 0.717) is 11.9 Å². The maximum atomic E-state index is 12.8. The number of thioether (sulfide) groups is 1. The minimum Gasteiger partial charge on any atom is -0.240 e. The lowest BCUT2D eigenvalue weighted by Crippen LogP contribution is -2.11. The number of thiazole rings is 1. The standard InChI is InChI=1S/C15H11F3N2S2/c1-2-21-13-10(4-3-7-19-13)14-20-11-8-9(15(16,17)18)5-6-12(11)22-14/h5-6,8,10H,2,4H2,1H3. The van der Waals surface area contributed by atoms with Crippen molar-refractivity contribution in [2.45, 2.75) is 25.4 Å². The molecule has 0 aliphatic carbocycles. The fraction of sp³-hybridized carbons (Fsp3) is 0.333. The van der Waals surface area contributed by atoms with Crippen LogP contribution in [-0.4, -0.2) is 15.8 Å². The van der Waals surface area contributed by atoms with Crippen LogP contribution in [0.3, 0.4) is 0 Å². The van der Waals surface area contributed by atoms with E-state index in [2.05, 4.69) is 21.9 Å². The summed E-state index contributed by atoms with van der Waals surface area (Å²) in [6.45, 7) is 2.03. The summed E-state index contributed by atoms with van der Waals surface area (Å²) in [5.41, 5.74) is -0.286. The molecular weight excluding hydrogens is 329 g/mol. The van der Waals surface area contributed by atoms with E-state index in [4.69, 9.17) is 0 Å². The van der Waals surface area contributed by atoms with E-state index in [1.54, 1.807) is 11.8 Å². The first-order valence-corrected chi connectivity index (χ1v) is 8.45. The highest BCUT2D eigenvalue weighted by Crippen LogP contribution is 2.37. The van der Waals surface area contributed by atoms with E-state index in [0.717, 1.165) is 32.6 Å². The number of hydrogen-bond donors (Lipinski definition) is 0. The van der Waals surface area contributed by atoms with Crippen molar-refractivity contribution >= 4 is 38.4 Å². The third kappa shape index (κ3) is 2.99. The van der Waals surface area contributed by atoms with Crippen molar-refractivity contribution < 1.29 is 13.2 Å². The monoisotopic (exact) mass is 340 g/mol. The third-order valence-corrected chi connectivity index (χ3v) is 5.28. The highest BCUT2D eigenvalue weighted by Gasteiger charge is 2.31. The van der Waals surface area contributed by atoms with Gasteiger partial charge in [0.1, 0.15) is 5.01 Å². The molecule has 0 amide bonds. The number of fused-ring (bicyclic) bond motifs is 1. The second-order valence-electron chi connectivity index (χ2n) is 4.66. The maximum absolute atomic E-state index is 12.8. The number of benzene rings is 1. The van der Waals surface area contributed by atoms with Crippen LogP contribution in [0.5, 0.6) is 0 Å². The van der Waals surface area contributed by atoms with Crippen LogP contribution in [-0.2, 0) is 6.18 Å². The smallest absolute Gasteiger partial charge is 0.240 e. The highest BCUT2D eigenvalue weighted by atomic mass is 32.2. The van der Waals surface area contributed by atoms with Crippen molar-refractivity contribution in [3.8, 4) is 12.0 Å². The van der Waals surface area contributed by atoms with Crippen LogP contribution in [0, 0.1) is 12.0 Å². The molecule has 22 heavy (non-hydrogen) atoms. The Labute approximate surface area is 133 Å². The minimum atomic E-state index is -4.35. The van der Waals surface area contributed by atoms with Crippen LogP contribution in [0.1, 0.15) is 29.8 Å². The Morgan fingerprint density at radius 3 is 2.95 bits per heavy atom. The van der Waals surface area contributed by atoms with Gasteiger partial charge in [-0.1, -0.05) is 12.8 Å². The van der Waals surface area contributed by atoms with E-state index in [1.165, 1.54) is 17.4 Å². The lowest BCUT2D eigenvalue weighted by atomic mass is 10.1. The number of aromatic nitrogens is 1. The summed E-state index contributed by atoms with van der Waals surface area (Å²) >= 11 is 3.02. The van der Waals surface area contributed by atoms with Crippen molar-refractivity contribution in [2.75, 3.05) is 5.75 Å². The molecule has 0 fully saturated rings. The zero-order valence-electron chi connectivity index (χ0n) is 11.6. The number of aliphatic imine (C=N–C) groups is 1. The van der Waals surface area contributed by atoms with Crippen LogP contribution in [0.4, 0.5) is 13.2 Å². The maximum Gasteiger partial charge on any atom is 0.416 e. The zero-order valence-corrected chi connectivity index (χ0v) is 13.2. The average Bonchev–Trinajstić information content (AvgIpc) is 2.90. The van der Waals surface area contributed by atoms with E-state index in [-0.39, 0.29) is 5.92 Å². The molecule has 1 unspecified atom stereocenters. The van der Waals surface area contributed by atoms with Crippen LogP contribution < -0.4 is 0 Å². The van der Waals surface area contributed by atoms with Crippen molar-refractivity contribution in [3.63, 3.8) is 0 Å². The number of rotatable bonds is 2. The van der Waals surface area contributed by atoms with Gasteiger partial charge < -0.3 is 0 Å². The Morgan fingerprint density at radius 1 is 1.41 bits per heavy atom. The topological polar surface area (TPSA) is 25.2 Å². The van der Waals surface area contributed by atoms with Crippen molar-refractivity contribution in [2.24, 2.45) is 4.99 Å². The summed E-state index contributed by atoms with van der Waals surface area (Å²) in [7, 11) is 0. The van der Waals surface area contributed by atoms with Gasteiger partial charge in [-0.15, -0.1) is 23.1 Å². The molecular formula is C15H11F3N2S2. The summed E-state index contributed by atoms with van der Waals surface area (Å²) < 4.78 is 39.1. The predicted octanol–water partition coefficient (Wildman–Crippen LogP) is 4.91. The summed E-state index contributed by atoms with van der Waals surface area (Å²) in [6.07, 6.45) is -3.74. The van der Waals surface area contributed by atoms with Gasteiger partial charge in [0.2, 0.25) is 0 Å². The van der Waals surface area contributed by atoms with Crippen LogP contribution >= 0.6 is 23.1 Å². The van der Waals surface area contributed by atoms with Crippen LogP contribution in [0.2, 0.25) is 0 Å². The molecule has 0 saturated carbocycles. The van der Waals surface area contributed by atoms with Gasteiger partial charge in [-0.2, -0.15) is 18.2 Å². The van der Waals surface area contributed by atoms with Gasteiger partial charge in [-0.3, -0.25) is 0 Å². The fourth-order valence-corrected chi connectivity index (χ4v) is 4.08. The van der Waals surface area contributed by atoms with Gasteiger partial charge in [-0.05, 0) is 24.0 Å². The van der Waals surface area contributed by atoms with E-state index in [9.17, 15) is 13.2 Å². The number of hydrogen-bond acceptors (Lipinski definition) is 4. The van der Waals surface area contributed by atoms with Crippen LogP contribution in [0.25, 0.3) is 10.2 Å². The molecule has 0 N–H and O–H groups in total. The van der Waals surface area contributed by atoms with Crippen molar-refractivity contribution in [3.05, 3.63) is 28.8 Å². The molecule has 1 atom stereocenters. The van der Waals surface area contributed by atoms with Gasteiger partial charge >= 0.3 is 6.18 Å². The Morgan fingerprint density at radius 2 is 2.23 bits per heavy atom. The average molecular weight is 340 g/mol. The van der Waals surface area contributed by atoms with E-state index >= 15 is 0 Å². The van der Waals surface area contributed by atoms with E-state index < -0.39 is 11.7 Å². The Bertz CT molecular complexity index is 796. The van der Waals surface area contributed by atoms with Gasteiger partial charge in [0, 0.05) is 12.5 Å². The SMILES string of the molecule is CCSC1=NC#CCC1c1nc2cc(C(F)(F)F)ccc2s1. The molecule has 1 aliphatic rings. The van der Waals surface area contributed by atoms with Gasteiger partial charge in [-0.25, -0.2) is 4.98 Å². The lowest BCUT2D eigenvalue weighted by molar-refractivity contribution is -0.137. The second kappa shape index (κ2) is 5.94. The first-order chi connectivity index (χ1) is 10.5. The quantitative estimate of drug-likeness (QED) is 0.726. The lowest BCUT2D eigenvalue weighted by Gasteiger charge is -2.14. The Kier molecular flexibility index (Phi) is 4.15. The molecule has 114 valence electrons. The molecule has 0 saturated heterocycles. The third-order valence-electron chi connectivity index (χ3n) is 3.17. The highest BCUT2D eigenvalue weighted by molar-refractivity contribution is 8.14. The van der Waals surface area contributed by atoms with E-state index in [1.807, 2.05) is 6.92 Å². The largest absolute Gasteiger partial charge is 0.416 e. The fourth-order valence-electron chi connectivity index (χ4n) is 2.15. The molecule has 1 aromatic heterocycles.